The van der Waals surface area contributed by atoms with Crippen molar-refractivity contribution in [2.45, 2.75) is 12.8 Å². The molecule has 0 saturated heterocycles. The molecule has 0 aliphatic heterocycles. The van der Waals surface area contributed by atoms with Crippen LogP contribution in [0.1, 0.15) is 23.2 Å². The second kappa shape index (κ2) is 5.69. The van der Waals surface area contributed by atoms with Gasteiger partial charge in [-0.05, 0) is 65.6 Å². The predicted octanol–water partition coefficient (Wildman–Crippen LogP) is 2.23. The van der Waals surface area contributed by atoms with Gasteiger partial charge in [-0.25, -0.2) is 0 Å². The molecule has 0 spiro atoms. The highest BCUT2D eigenvalue weighted by molar-refractivity contribution is 14.1. The Hall–Kier alpha value is -1.11. The van der Waals surface area contributed by atoms with Gasteiger partial charge in [-0.2, -0.15) is 0 Å². The maximum Gasteiger partial charge on any atom is 0.323 e. The summed E-state index contributed by atoms with van der Waals surface area (Å²) in [6.45, 7) is 0.332. The normalized spacial score (nSPS) is 14.3. The molecule has 0 atom stereocenters. The van der Waals surface area contributed by atoms with Crippen LogP contribution in [-0.4, -0.2) is 35.0 Å². The molecule has 1 N–H and O–H groups in total. The van der Waals surface area contributed by atoms with Gasteiger partial charge in [-0.1, -0.05) is 0 Å². The van der Waals surface area contributed by atoms with Crippen molar-refractivity contribution in [3.8, 4) is 0 Å². The van der Waals surface area contributed by atoms with Crippen molar-refractivity contribution in [2.75, 3.05) is 13.1 Å². The van der Waals surface area contributed by atoms with Crippen molar-refractivity contribution in [3.05, 3.63) is 33.4 Å². The standard InChI is InChI=1S/C13H14INO3/c14-11-5-3-10(4-6-11)13(18)15(8-12(16)17)7-9-1-2-9/h3-6,9H,1-2,7-8H2,(H,16,17). The van der Waals surface area contributed by atoms with E-state index in [2.05, 4.69) is 22.6 Å². The highest BCUT2D eigenvalue weighted by Crippen LogP contribution is 2.30. The third-order valence-corrected chi connectivity index (χ3v) is 3.60. The molecule has 18 heavy (non-hydrogen) atoms. The van der Waals surface area contributed by atoms with E-state index in [4.69, 9.17) is 5.11 Å². The first-order valence-electron chi connectivity index (χ1n) is 5.83. The van der Waals surface area contributed by atoms with Crippen molar-refractivity contribution >= 4 is 34.5 Å². The summed E-state index contributed by atoms with van der Waals surface area (Å²) in [6, 6.07) is 7.19. The van der Waals surface area contributed by atoms with Crippen LogP contribution in [0.4, 0.5) is 0 Å². The Bertz CT molecular complexity index is 454. The number of carbonyl (C=O) groups excluding carboxylic acids is 1. The number of carbonyl (C=O) groups is 2. The molecule has 5 heteroatoms. The number of nitrogens with zero attached hydrogens (tertiary/aromatic N) is 1. The lowest BCUT2D eigenvalue weighted by atomic mass is 10.2. The Kier molecular flexibility index (Phi) is 4.21. The molecule has 0 aromatic heterocycles. The largest absolute Gasteiger partial charge is 0.480 e. The number of benzene rings is 1. The van der Waals surface area contributed by atoms with Crippen LogP contribution in [0.3, 0.4) is 0 Å². The average Bonchev–Trinajstić information content (AvgIpc) is 3.12. The zero-order valence-electron chi connectivity index (χ0n) is 9.80. The third-order valence-electron chi connectivity index (χ3n) is 2.88. The van der Waals surface area contributed by atoms with Gasteiger partial charge < -0.3 is 10.0 Å². The van der Waals surface area contributed by atoms with Gasteiger partial charge in [0.25, 0.3) is 5.91 Å². The number of aliphatic carboxylic acids is 1. The van der Waals surface area contributed by atoms with Crippen molar-refractivity contribution in [3.63, 3.8) is 0 Å². The first kappa shape index (κ1) is 13.3. The zero-order chi connectivity index (χ0) is 13.1. The second-order valence-electron chi connectivity index (χ2n) is 4.53. The molecular formula is C13H14INO3. The summed E-state index contributed by atoms with van der Waals surface area (Å²) >= 11 is 2.17. The van der Waals surface area contributed by atoms with Gasteiger partial charge in [-0.3, -0.25) is 9.59 Å². The maximum atomic E-state index is 12.2. The van der Waals surface area contributed by atoms with Crippen LogP contribution in [-0.2, 0) is 4.79 Å². The van der Waals surface area contributed by atoms with Crippen LogP contribution in [0.5, 0.6) is 0 Å². The lowest BCUT2D eigenvalue weighted by Gasteiger charge is -2.20. The number of hydrogen-bond donors (Lipinski definition) is 1. The molecule has 1 amide bonds. The van der Waals surface area contributed by atoms with Crippen LogP contribution in [0, 0.1) is 9.49 Å². The minimum atomic E-state index is -0.963. The fourth-order valence-electron chi connectivity index (χ4n) is 1.77. The fraction of sp³-hybridized carbons (Fsp3) is 0.385. The highest BCUT2D eigenvalue weighted by atomic mass is 127. The first-order valence-corrected chi connectivity index (χ1v) is 6.91. The smallest absolute Gasteiger partial charge is 0.323 e. The summed E-state index contributed by atoms with van der Waals surface area (Å²) in [7, 11) is 0. The van der Waals surface area contributed by atoms with E-state index in [1.165, 1.54) is 4.90 Å². The number of halogens is 1. The molecule has 0 radical (unpaired) electrons. The molecule has 1 fully saturated rings. The monoisotopic (exact) mass is 359 g/mol. The van der Waals surface area contributed by atoms with E-state index in [1.54, 1.807) is 12.1 Å². The van der Waals surface area contributed by atoms with Crippen LogP contribution < -0.4 is 0 Å². The SMILES string of the molecule is O=C(O)CN(CC1CC1)C(=O)c1ccc(I)cc1. The maximum absolute atomic E-state index is 12.2. The van der Waals surface area contributed by atoms with Gasteiger partial charge >= 0.3 is 5.97 Å². The van der Waals surface area contributed by atoms with Crippen LogP contribution in [0.2, 0.25) is 0 Å². The molecule has 0 bridgehead atoms. The van der Waals surface area contributed by atoms with Gasteiger partial charge in [0.2, 0.25) is 0 Å². The summed E-state index contributed by atoms with van der Waals surface area (Å²) in [6.07, 6.45) is 2.19. The number of rotatable bonds is 5. The van der Waals surface area contributed by atoms with E-state index in [0.717, 1.165) is 16.4 Å². The Morgan fingerprint density at radius 3 is 2.39 bits per heavy atom. The molecule has 2 rings (SSSR count). The number of amides is 1. The van der Waals surface area contributed by atoms with Gasteiger partial charge in [-0.15, -0.1) is 0 Å². The average molecular weight is 359 g/mol. The van der Waals surface area contributed by atoms with Crippen molar-refractivity contribution < 1.29 is 14.7 Å². The third kappa shape index (κ3) is 3.69. The lowest BCUT2D eigenvalue weighted by molar-refractivity contribution is -0.137. The minimum Gasteiger partial charge on any atom is -0.480 e. The lowest BCUT2D eigenvalue weighted by Crippen LogP contribution is -2.37. The molecule has 1 aromatic rings. The van der Waals surface area contributed by atoms with E-state index in [0.29, 0.717) is 18.0 Å². The van der Waals surface area contributed by atoms with Crippen molar-refractivity contribution in [2.24, 2.45) is 5.92 Å². The Morgan fingerprint density at radius 1 is 1.28 bits per heavy atom. The molecule has 96 valence electrons. The van der Waals surface area contributed by atoms with Crippen LogP contribution in [0.15, 0.2) is 24.3 Å². The van der Waals surface area contributed by atoms with E-state index in [-0.39, 0.29) is 12.5 Å². The molecule has 1 aliphatic carbocycles. The summed E-state index contributed by atoms with van der Waals surface area (Å²) < 4.78 is 1.05. The molecule has 0 heterocycles. The van der Waals surface area contributed by atoms with Gasteiger partial charge in [0.1, 0.15) is 6.54 Å². The molecular weight excluding hydrogens is 345 g/mol. The molecule has 1 aliphatic rings. The molecule has 0 unspecified atom stereocenters. The van der Waals surface area contributed by atoms with E-state index >= 15 is 0 Å². The van der Waals surface area contributed by atoms with Gasteiger partial charge in [0.15, 0.2) is 0 Å². The Labute approximate surface area is 119 Å². The van der Waals surface area contributed by atoms with Crippen molar-refractivity contribution in [1.82, 2.24) is 4.90 Å². The van der Waals surface area contributed by atoms with E-state index in [1.807, 2.05) is 12.1 Å². The fourth-order valence-corrected chi connectivity index (χ4v) is 2.13. The summed E-state index contributed by atoms with van der Waals surface area (Å²) in [5, 5.41) is 8.86. The van der Waals surface area contributed by atoms with Crippen molar-refractivity contribution in [1.29, 1.82) is 0 Å². The second-order valence-corrected chi connectivity index (χ2v) is 5.78. The first-order chi connectivity index (χ1) is 8.56. The molecule has 4 nitrogen and oxygen atoms in total. The van der Waals surface area contributed by atoms with Gasteiger partial charge in [0.05, 0.1) is 0 Å². The Morgan fingerprint density at radius 2 is 1.89 bits per heavy atom. The molecule has 1 saturated carbocycles. The summed E-state index contributed by atoms with van der Waals surface area (Å²) in [5.41, 5.74) is 0.553. The topological polar surface area (TPSA) is 57.6 Å². The summed E-state index contributed by atoms with van der Waals surface area (Å²) in [5.74, 6) is -0.674. The highest BCUT2D eigenvalue weighted by Gasteiger charge is 2.28. The summed E-state index contributed by atoms with van der Waals surface area (Å²) in [4.78, 5) is 24.5. The van der Waals surface area contributed by atoms with E-state index < -0.39 is 5.97 Å². The van der Waals surface area contributed by atoms with E-state index in [9.17, 15) is 9.59 Å². The predicted molar refractivity (Wildman–Crippen MR) is 75.4 cm³/mol. The Balaban J connectivity index is 2.10. The number of hydrogen-bond acceptors (Lipinski definition) is 2. The van der Waals surface area contributed by atoms with Gasteiger partial charge in [0, 0.05) is 15.7 Å². The number of carboxylic acids is 1. The zero-order valence-corrected chi connectivity index (χ0v) is 12.0. The van der Waals surface area contributed by atoms with Crippen LogP contribution >= 0.6 is 22.6 Å². The molecule has 1 aromatic carbocycles. The van der Waals surface area contributed by atoms with Crippen LogP contribution in [0.25, 0.3) is 0 Å². The number of carboxylic acid groups (broad SMARTS) is 1. The minimum absolute atomic E-state index is 0.194. The quantitative estimate of drug-likeness (QED) is 0.821.